The first-order valence-corrected chi connectivity index (χ1v) is 9.55. The third-order valence-electron chi connectivity index (χ3n) is 4.74. The van der Waals surface area contributed by atoms with Gasteiger partial charge in [-0.3, -0.25) is 9.89 Å². The monoisotopic (exact) mass is 421 g/mol. The van der Waals surface area contributed by atoms with E-state index >= 15 is 0 Å². The number of benzene rings is 1. The Morgan fingerprint density at radius 1 is 1.28 bits per heavy atom. The molecule has 1 aliphatic heterocycles. The van der Waals surface area contributed by atoms with E-state index in [1.807, 2.05) is 6.92 Å². The Morgan fingerprint density at radius 3 is 2.48 bits per heavy atom. The van der Waals surface area contributed by atoms with E-state index in [0.717, 1.165) is 0 Å². The Balaban J connectivity index is 2.07. The van der Waals surface area contributed by atoms with Crippen LogP contribution in [-0.2, 0) is 0 Å². The highest BCUT2D eigenvalue weighted by atomic mass is 19.4. The van der Waals surface area contributed by atoms with Gasteiger partial charge in [0, 0.05) is 31.2 Å². The molecule has 0 spiro atoms. The van der Waals surface area contributed by atoms with Gasteiger partial charge < -0.3 is 15.5 Å². The number of nitrogens with one attached hydrogen (secondary N) is 2. The van der Waals surface area contributed by atoms with Crippen LogP contribution in [0.15, 0.2) is 23.2 Å². The van der Waals surface area contributed by atoms with Gasteiger partial charge >= 0.3 is 6.18 Å². The van der Waals surface area contributed by atoms with Crippen LogP contribution in [0.5, 0.6) is 0 Å². The summed E-state index contributed by atoms with van der Waals surface area (Å²) in [5, 5.41) is 6.17. The zero-order valence-electron chi connectivity index (χ0n) is 16.9. The molecular formula is C19H28F5N5. The van der Waals surface area contributed by atoms with Crippen molar-refractivity contribution in [3.05, 3.63) is 35.4 Å². The van der Waals surface area contributed by atoms with E-state index < -0.39 is 30.4 Å². The van der Waals surface area contributed by atoms with Gasteiger partial charge in [0.05, 0.1) is 19.1 Å². The number of rotatable bonds is 7. The van der Waals surface area contributed by atoms with Crippen molar-refractivity contribution in [3.63, 3.8) is 0 Å². The fourth-order valence-corrected chi connectivity index (χ4v) is 3.38. The van der Waals surface area contributed by atoms with Gasteiger partial charge in [-0.15, -0.1) is 0 Å². The van der Waals surface area contributed by atoms with Crippen molar-refractivity contribution in [2.45, 2.75) is 31.6 Å². The maximum atomic E-state index is 14.2. The molecule has 0 radical (unpaired) electrons. The van der Waals surface area contributed by atoms with Gasteiger partial charge in [0.25, 0.3) is 0 Å². The lowest BCUT2D eigenvalue weighted by Gasteiger charge is -2.25. The number of nitrogens with zero attached hydrogens (tertiary/aromatic N) is 3. The number of halogens is 5. The highest BCUT2D eigenvalue weighted by Gasteiger charge is 2.34. The third-order valence-corrected chi connectivity index (χ3v) is 4.74. The number of hydrogen-bond acceptors (Lipinski definition) is 3. The summed E-state index contributed by atoms with van der Waals surface area (Å²) in [7, 11) is 3.41. The fraction of sp³-hybridized carbons (Fsp3) is 0.632. The minimum atomic E-state index is -4.23. The van der Waals surface area contributed by atoms with Crippen molar-refractivity contribution in [1.82, 2.24) is 20.4 Å². The summed E-state index contributed by atoms with van der Waals surface area (Å²) < 4.78 is 66.1. The van der Waals surface area contributed by atoms with Crippen LogP contribution in [0.3, 0.4) is 0 Å². The molecule has 0 amide bonds. The summed E-state index contributed by atoms with van der Waals surface area (Å²) in [6, 6.07) is 2.91. The number of alkyl halides is 3. The second kappa shape index (κ2) is 10.2. The van der Waals surface area contributed by atoms with E-state index in [-0.39, 0.29) is 24.7 Å². The number of guanidine groups is 1. The Bertz CT molecular complexity index is 672. The third kappa shape index (κ3) is 7.11. The molecule has 1 aromatic carbocycles. The van der Waals surface area contributed by atoms with Crippen LogP contribution in [0.1, 0.15) is 24.9 Å². The summed E-state index contributed by atoms with van der Waals surface area (Å²) in [6.45, 7) is 2.15. The summed E-state index contributed by atoms with van der Waals surface area (Å²) in [6.07, 6.45) is -3.67. The molecule has 0 bridgehead atoms. The molecule has 10 heteroatoms. The van der Waals surface area contributed by atoms with E-state index in [1.54, 1.807) is 19.0 Å². The molecular weight excluding hydrogens is 393 g/mol. The van der Waals surface area contributed by atoms with Crippen LogP contribution < -0.4 is 10.6 Å². The molecule has 0 aliphatic carbocycles. The topological polar surface area (TPSA) is 42.9 Å². The fourth-order valence-electron chi connectivity index (χ4n) is 3.38. The van der Waals surface area contributed by atoms with Crippen LogP contribution in [0.25, 0.3) is 0 Å². The van der Waals surface area contributed by atoms with Crippen molar-refractivity contribution < 1.29 is 22.0 Å². The Morgan fingerprint density at radius 2 is 1.93 bits per heavy atom. The van der Waals surface area contributed by atoms with Crippen LogP contribution in [-0.4, -0.2) is 74.8 Å². The highest BCUT2D eigenvalue weighted by Crippen LogP contribution is 2.25. The molecule has 0 saturated carbocycles. The second-order valence-electron chi connectivity index (χ2n) is 7.31. The highest BCUT2D eigenvalue weighted by molar-refractivity contribution is 5.80. The predicted octanol–water partition coefficient (Wildman–Crippen LogP) is 2.76. The largest absolute Gasteiger partial charge is 0.401 e. The summed E-state index contributed by atoms with van der Waals surface area (Å²) in [5.74, 6) is -0.874. The molecule has 29 heavy (non-hydrogen) atoms. The minimum absolute atomic E-state index is 0.0608. The number of aliphatic imine (C=N–C) groups is 1. The smallest absolute Gasteiger partial charge is 0.357 e. The zero-order valence-corrected chi connectivity index (χ0v) is 16.9. The lowest BCUT2D eigenvalue weighted by atomic mass is 10.0. The average molecular weight is 421 g/mol. The lowest BCUT2D eigenvalue weighted by molar-refractivity contribution is -0.143. The van der Waals surface area contributed by atoms with Crippen LogP contribution in [0.2, 0.25) is 0 Å². The minimum Gasteiger partial charge on any atom is -0.357 e. The molecule has 1 aliphatic rings. The SMILES string of the molecule is CCNC(=NCC(c1c(F)cccc1F)N(C)C)NC1CCN(CC(F)(F)F)C1. The quantitative estimate of drug-likeness (QED) is 0.404. The average Bonchev–Trinajstić information content (AvgIpc) is 3.02. The number of hydrogen-bond donors (Lipinski definition) is 2. The molecule has 2 unspecified atom stereocenters. The Labute approximate surface area is 168 Å². The first-order chi connectivity index (χ1) is 13.6. The van der Waals surface area contributed by atoms with Crippen molar-refractivity contribution in [2.75, 3.05) is 46.8 Å². The molecule has 2 rings (SSSR count). The van der Waals surface area contributed by atoms with Crippen LogP contribution >= 0.6 is 0 Å². The van der Waals surface area contributed by atoms with Crippen LogP contribution in [0, 0.1) is 11.6 Å². The molecule has 2 N–H and O–H groups in total. The zero-order chi connectivity index (χ0) is 21.6. The van der Waals surface area contributed by atoms with Gasteiger partial charge in [-0.2, -0.15) is 13.2 Å². The maximum Gasteiger partial charge on any atom is 0.401 e. The molecule has 5 nitrogen and oxygen atoms in total. The Kier molecular flexibility index (Phi) is 8.21. The first-order valence-electron chi connectivity index (χ1n) is 9.55. The van der Waals surface area contributed by atoms with E-state index in [4.69, 9.17) is 0 Å². The Hall–Kier alpha value is -1.94. The predicted molar refractivity (Wildman–Crippen MR) is 103 cm³/mol. The summed E-state index contributed by atoms with van der Waals surface area (Å²) in [5.41, 5.74) is -0.0608. The van der Waals surface area contributed by atoms with Crippen LogP contribution in [0.4, 0.5) is 22.0 Å². The van der Waals surface area contributed by atoms with E-state index in [2.05, 4.69) is 15.6 Å². The van der Waals surface area contributed by atoms with Crippen molar-refractivity contribution in [2.24, 2.45) is 4.99 Å². The molecule has 0 aromatic heterocycles. The maximum absolute atomic E-state index is 14.2. The number of likely N-dealkylation sites (N-methyl/N-ethyl adjacent to an activating group) is 1. The van der Waals surface area contributed by atoms with E-state index in [1.165, 1.54) is 23.1 Å². The van der Waals surface area contributed by atoms with Gasteiger partial charge in [0.1, 0.15) is 11.6 Å². The molecule has 2 atom stereocenters. The van der Waals surface area contributed by atoms with Gasteiger partial charge in [-0.25, -0.2) is 8.78 Å². The molecule has 164 valence electrons. The lowest BCUT2D eigenvalue weighted by Crippen LogP contribution is -2.45. The van der Waals surface area contributed by atoms with Gasteiger partial charge in [0.15, 0.2) is 5.96 Å². The van der Waals surface area contributed by atoms with E-state index in [0.29, 0.717) is 25.5 Å². The summed E-state index contributed by atoms with van der Waals surface area (Å²) >= 11 is 0. The van der Waals surface area contributed by atoms with Crippen molar-refractivity contribution >= 4 is 5.96 Å². The first kappa shape index (κ1) is 23.3. The van der Waals surface area contributed by atoms with Gasteiger partial charge in [-0.05, 0) is 39.6 Å². The standard InChI is InChI=1S/C19H28F5N5/c1-4-25-18(27-13-8-9-29(11-13)12-19(22,23)24)26-10-16(28(2)3)17-14(20)6-5-7-15(17)21/h5-7,13,16H,4,8-12H2,1-3H3,(H2,25,26,27). The molecule has 1 heterocycles. The van der Waals surface area contributed by atoms with E-state index in [9.17, 15) is 22.0 Å². The molecule has 1 aromatic rings. The second-order valence-corrected chi connectivity index (χ2v) is 7.31. The van der Waals surface area contributed by atoms with Gasteiger partial charge in [-0.1, -0.05) is 6.07 Å². The molecule has 1 fully saturated rings. The number of likely N-dealkylation sites (tertiary alicyclic amines) is 1. The van der Waals surface area contributed by atoms with Crippen molar-refractivity contribution in [3.8, 4) is 0 Å². The van der Waals surface area contributed by atoms with Gasteiger partial charge in [0.2, 0.25) is 0 Å². The normalized spacial score (nSPS) is 19.6. The van der Waals surface area contributed by atoms with Crippen molar-refractivity contribution in [1.29, 1.82) is 0 Å². The molecule has 1 saturated heterocycles. The summed E-state index contributed by atoms with van der Waals surface area (Å²) in [4.78, 5) is 7.46.